The molecule has 0 aliphatic heterocycles. The number of hydrogen-bond donors (Lipinski definition) is 3. The van der Waals surface area contributed by atoms with E-state index in [-0.39, 0.29) is 18.0 Å². The first kappa shape index (κ1) is 20.3. The maximum absolute atomic E-state index is 12.9. The van der Waals surface area contributed by atoms with Crippen molar-refractivity contribution in [3.05, 3.63) is 53.1 Å². The summed E-state index contributed by atoms with van der Waals surface area (Å²) >= 11 is 5.89. The molecule has 4 N–H and O–H groups in total. The van der Waals surface area contributed by atoms with Crippen LogP contribution >= 0.6 is 11.6 Å². The smallest absolute Gasteiger partial charge is 0.252 e. The molecule has 0 aromatic heterocycles. The normalized spacial score (nSPS) is 12.0. The number of halogens is 1. The van der Waals surface area contributed by atoms with Crippen molar-refractivity contribution < 1.29 is 26.7 Å². The summed E-state index contributed by atoms with van der Waals surface area (Å²) in [5.74, 6) is -0.893. The maximum atomic E-state index is 12.9. The first-order valence-electron chi connectivity index (χ1n) is 7.14. The molecule has 0 fully saturated rings. The first-order chi connectivity index (χ1) is 12.1. The molecule has 0 spiro atoms. The molecule has 0 aliphatic carbocycles. The lowest BCUT2D eigenvalue weighted by Crippen LogP contribution is -2.28. The molecular formula is C15H15ClN2O6S2. The van der Waals surface area contributed by atoms with Gasteiger partial charge in [-0.05, 0) is 24.3 Å². The zero-order chi connectivity index (χ0) is 19.5. The number of amides is 1. The van der Waals surface area contributed by atoms with Crippen LogP contribution in [0.4, 0.5) is 0 Å². The fourth-order valence-corrected chi connectivity index (χ4v) is 4.79. The summed E-state index contributed by atoms with van der Waals surface area (Å²) in [5.41, 5.74) is -0.448. The number of hydrogen-bond acceptors (Lipinski definition) is 6. The third-order valence-electron chi connectivity index (χ3n) is 3.33. The molecule has 0 unspecified atom stereocenters. The number of carbonyl (C=O) groups excluding carboxylic acids is 1. The lowest BCUT2D eigenvalue weighted by molar-refractivity contribution is 0.0941. The van der Waals surface area contributed by atoms with E-state index in [0.29, 0.717) is 0 Å². The number of rotatable bonds is 6. The van der Waals surface area contributed by atoms with Crippen LogP contribution in [0.5, 0.6) is 0 Å². The monoisotopic (exact) mass is 418 g/mol. The van der Waals surface area contributed by atoms with E-state index >= 15 is 0 Å². The summed E-state index contributed by atoms with van der Waals surface area (Å²) in [6.07, 6.45) is 0. The Morgan fingerprint density at radius 3 is 2.23 bits per heavy atom. The number of aliphatic hydroxyl groups excluding tert-OH is 1. The highest BCUT2D eigenvalue weighted by Gasteiger charge is 2.28. The van der Waals surface area contributed by atoms with Gasteiger partial charge in [0, 0.05) is 6.54 Å². The summed E-state index contributed by atoms with van der Waals surface area (Å²) in [7, 11) is -8.46. The number of primary sulfonamides is 1. The fourth-order valence-electron chi connectivity index (χ4n) is 2.14. The Balaban J connectivity index is 2.76. The highest BCUT2D eigenvalue weighted by atomic mass is 35.5. The summed E-state index contributed by atoms with van der Waals surface area (Å²) in [4.78, 5) is 11.2. The number of sulfone groups is 1. The lowest BCUT2D eigenvalue weighted by atomic mass is 10.2. The van der Waals surface area contributed by atoms with Gasteiger partial charge in [0.15, 0.2) is 0 Å². The minimum absolute atomic E-state index is 0.101. The molecule has 1 amide bonds. The molecule has 8 nitrogen and oxygen atoms in total. The Morgan fingerprint density at radius 2 is 1.69 bits per heavy atom. The minimum Gasteiger partial charge on any atom is -0.395 e. The van der Waals surface area contributed by atoms with Crippen molar-refractivity contribution in [2.45, 2.75) is 14.7 Å². The van der Waals surface area contributed by atoms with Gasteiger partial charge >= 0.3 is 0 Å². The third kappa shape index (κ3) is 4.22. The first-order valence-corrected chi connectivity index (χ1v) is 10.6. The van der Waals surface area contributed by atoms with E-state index in [1.54, 1.807) is 6.07 Å². The Hall–Kier alpha value is -1.98. The van der Waals surface area contributed by atoms with E-state index in [2.05, 4.69) is 5.32 Å². The van der Waals surface area contributed by atoms with Gasteiger partial charge in [-0.3, -0.25) is 4.79 Å². The highest BCUT2D eigenvalue weighted by Crippen LogP contribution is 2.31. The van der Waals surface area contributed by atoms with Crippen LogP contribution in [0.3, 0.4) is 0 Å². The number of benzene rings is 2. The van der Waals surface area contributed by atoms with Gasteiger partial charge in [-0.1, -0.05) is 29.8 Å². The Bertz CT molecular complexity index is 1040. The van der Waals surface area contributed by atoms with Crippen molar-refractivity contribution in [2.75, 3.05) is 13.2 Å². The van der Waals surface area contributed by atoms with Crippen molar-refractivity contribution in [1.82, 2.24) is 5.32 Å². The zero-order valence-electron chi connectivity index (χ0n) is 13.2. The van der Waals surface area contributed by atoms with Crippen LogP contribution in [-0.2, 0) is 19.9 Å². The molecule has 140 valence electrons. The molecule has 11 heteroatoms. The van der Waals surface area contributed by atoms with E-state index in [4.69, 9.17) is 21.8 Å². The number of aliphatic hydroxyl groups is 1. The second-order valence-corrected chi connectivity index (χ2v) is 8.97. The van der Waals surface area contributed by atoms with Crippen LogP contribution in [-0.4, -0.2) is 41.0 Å². The van der Waals surface area contributed by atoms with Gasteiger partial charge in [-0.15, -0.1) is 0 Å². The maximum Gasteiger partial charge on any atom is 0.252 e. The molecular weight excluding hydrogens is 404 g/mol. The average Bonchev–Trinajstić information content (AvgIpc) is 2.59. The third-order valence-corrected chi connectivity index (χ3v) is 6.51. The molecule has 0 bridgehead atoms. The van der Waals surface area contributed by atoms with Crippen LogP contribution in [0, 0.1) is 0 Å². The van der Waals surface area contributed by atoms with E-state index in [0.717, 1.165) is 12.1 Å². The van der Waals surface area contributed by atoms with Crippen LogP contribution in [0.1, 0.15) is 10.4 Å². The number of nitrogens with one attached hydrogen (secondary N) is 1. The van der Waals surface area contributed by atoms with Crippen molar-refractivity contribution in [2.24, 2.45) is 5.14 Å². The second kappa shape index (κ2) is 7.72. The van der Waals surface area contributed by atoms with E-state index < -0.39 is 46.1 Å². The predicted octanol–water partition coefficient (Wildman–Crippen LogP) is 0.542. The van der Waals surface area contributed by atoms with Crippen molar-refractivity contribution in [3.8, 4) is 0 Å². The molecule has 0 radical (unpaired) electrons. The molecule has 0 saturated carbocycles. The molecule has 2 rings (SSSR count). The topological polar surface area (TPSA) is 144 Å². The molecule has 0 heterocycles. The zero-order valence-corrected chi connectivity index (χ0v) is 15.6. The fraction of sp³-hybridized carbons (Fsp3) is 0.133. The summed E-state index contributed by atoms with van der Waals surface area (Å²) in [6.45, 7) is -0.543. The van der Waals surface area contributed by atoms with E-state index in [9.17, 15) is 21.6 Å². The van der Waals surface area contributed by atoms with Gasteiger partial charge in [0.2, 0.25) is 19.9 Å². The van der Waals surface area contributed by atoms with E-state index in [1.807, 2.05) is 0 Å². The number of nitrogens with two attached hydrogens (primary N) is 1. The van der Waals surface area contributed by atoms with Crippen LogP contribution in [0.15, 0.2) is 57.2 Å². The molecule has 2 aromatic carbocycles. The molecule has 2 aromatic rings. The van der Waals surface area contributed by atoms with Crippen molar-refractivity contribution in [3.63, 3.8) is 0 Å². The van der Waals surface area contributed by atoms with Crippen LogP contribution < -0.4 is 10.5 Å². The average molecular weight is 419 g/mol. The minimum atomic E-state index is -4.29. The van der Waals surface area contributed by atoms with Gasteiger partial charge in [0.25, 0.3) is 5.91 Å². The van der Waals surface area contributed by atoms with Gasteiger partial charge in [-0.25, -0.2) is 22.0 Å². The van der Waals surface area contributed by atoms with Crippen molar-refractivity contribution in [1.29, 1.82) is 0 Å². The second-order valence-electron chi connectivity index (χ2n) is 5.12. The van der Waals surface area contributed by atoms with Gasteiger partial charge in [0.05, 0.1) is 27.0 Å². The summed E-state index contributed by atoms with van der Waals surface area (Å²) < 4.78 is 49.0. The Kier molecular flexibility index (Phi) is 6.04. The van der Waals surface area contributed by atoms with Gasteiger partial charge in [-0.2, -0.15) is 0 Å². The standard InChI is InChI=1S/C15H15ClN2O6S2/c16-12-9-13(25(21,22)10-4-2-1-3-5-10)11(15(20)18-6-7-19)8-14(12)26(17,23)24/h1-5,8-9,19H,6-7H2,(H,18,20)(H2,17,23,24). The largest absolute Gasteiger partial charge is 0.395 e. The SMILES string of the molecule is NS(=O)(=O)c1cc(C(=O)NCCO)c(S(=O)(=O)c2ccccc2)cc1Cl. The number of sulfonamides is 1. The van der Waals surface area contributed by atoms with Crippen LogP contribution in [0.25, 0.3) is 0 Å². The number of carbonyl (C=O) groups is 1. The summed E-state index contributed by atoms with van der Waals surface area (Å²) in [6, 6.07) is 8.94. The Morgan fingerprint density at radius 1 is 1.08 bits per heavy atom. The van der Waals surface area contributed by atoms with E-state index in [1.165, 1.54) is 24.3 Å². The Labute approximate surface area is 155 Å². The van der Waals surface area contributed by atoms with Crippen LogP contribution in [0.2, 0.25) is 5.02 Å². The van der Waals surface area contributed by atoms with Gasteiger partial charge < -0.3 is 10.4 Å². The molecule has 0 aliphatic rings. The summed E-state index contributed by atoms with van der Waals surface area (Å²) in [5, 5.41) is 15.7. The quantitative estimate of drug-likeness (QED) is 0.624. The molecule has 26 heavy (non-hydrogen) atoms. The predicted molar refractivity (Wildman–Crippen MR) is 94.1 cm³/mol. The lowest BCUT2D eigenvalue weighted by Gasteiger charge is -2.13. The van der Waals surface area contributed by atoms with Gasteiger partial charge in [0.1, 0.15) is 4.90 Å². The molecule has 0 atom stereocenters. The van der Waals surface area contributed by atoms with Crippen molar-refractivity contribution >= 4 is 37.4 Å². The molecule has 0 saturated heterocycles. The highest BCUT2D eigenvalue weighted by molar-refractivity contribution is 7.91.